The van der Waals surface area contributed by atoms with Crippen molar-refractivity contribution in [1.82, 2.24) is 5.32 Å². The summed E-state index contributed by atoms with van der Waals surface area (Å²) >= 11 is 0. The molecule has 1 unspecified atom stereocenters. The molecule has 0 aliphatic carbocycles. The standard InChI is InChI=1S/C12H17N3O/c1-8-4-5-11-9(6-8)14-7-10(13-2)12(16)15(11)3/h4-6,10,13-14H,7H2,1-3H3. The lowest BCUT2D eigenvalue weighted by molar-refractivity contribution is -0.119. The van der Waals surface area contributed by atoms with Crippen molar-refractivity contribution >= 4 is 17.3 Å². The molecule has 4 heteroatoms. The van der Waals surface area contributed by atoms with Crippen LogP contribution in [-0.4, -0.2) is 32.6 Å². The predicted octanol–water partition coefficient (Wildman–Crippen LogP) is 0.971. The molecule has 1 aromatic rings. The van der Waals surface area contributed by atoms with E-state index < -0.39 is 0 Å². The van der Waals surface area contributed by atoms with Gasteiger partial charge in [0.25, 0.3) is 0 Å². The summed E-state index contributed by atoms with van der Waals surface area (Å²) in [5.41, 5.74) is 3.15. The maximum atomic E-state index is 12.0. The first-order chi connectivity index (χ1) is 7.63. The number of benzene rings is 1. The lowest BCUT2D eigenvalue weighted by Gasteiger charge is -2.20. The molecule has 0 spiro atoms. The Hall–Kier alpha value is -1.55. The Morgan fingerprint density at radius 1 is 1.50 bits per heavy atom. The molecule has 1 aliphatic rings. The second-order valence-electron chi connectivity index (χ2n) is 4.14. The van der Waals surface area contributed by atoms with Crippen LogP contribution in [0.3, 0.4) is 0 Å². The highest BCUT2D eigenvalue weighted by atomic mass is 16.2. The van der Waals surface area contributed by atoms with Gasteiger partial charge in [-0.2, -0.15) is 0 Å². The van der Waals surface area contributed by atoms with E-state index in [9.17, 15) is 4.79 Å². The van der Waals surface area contributed by atoms with Gasteiger partial charge in [0.1, 0.15) is 6.04 Å². The number of rotatable bonds is 1. The number of fused-ring (bicyclic) bond motifs is 1. The molecule has 4 nitrogen and oxygen atoms in total. The molecule has 0 saturated carbocycles. The van der Waals surface area contributed by atoms with Gasteiger partial charge >= 0.3 is 0 Å². The third-order valence-electron chi connectivity index (χ3n) is 2.99. The second kappa shape index (κ2) is 4.14. The number of carbonyl (C=O) groups excluding carboxylic acids is 1. The van der Waals surface area contributed by atoms with Crippen molar-refractivity contribution in [3.8, 4) is 0 Å². The molecule has 0 saturated heterocycles. The molecule has 0 bridgehead atoms. The molecule has 2 N–H and O–H groups in total. The van der Waals surface area contributed by atoms with Crippen LogP contribution >= 0.6 is 0 Å². The molecule has 1 aliphatic heterocycles. The first kappa shape index (κ1) is 11.0. The fourth-order valence-corrected chi connectivity index (χ4v) is 1.96. The number of hydrogen-bond donors (Lipinski definition) is 2. The highest BCUT2D eigenvalue weighted by Gasteiger charge is 2.26. The van der Waals surface area contributed by atoms with Crippen molar-refractivity contribution < 1.29 is 4.79 Å². The first-order valence-corrected chi connectivity index (χ1v) is 5.43. The number of amides is 1. The summed E-state index contributed by atoms with van der Waals surface area (Å²) in [7, 11) is 3.62. The maximum absolute atomic E-state index is 12.0. The summed E-state index contributed by atoms with van der Waals surface area (Å²) in [6, 6.07) is 5.90. The van der Waals surface area contributed by atoms with E-state index in [2.05, 4.69) is 16.7 Å². The summed E-state index contributed by atoms with van der Waals surface area (Å²) in [6.07, 6.45) is 0. The Morgan fingerprint density at radius 3 is 2.94 bits per heavy atom. The van der Waals surface area contributed by atoms with Gasteiger partial charge in [0.05, 0.1) is 11.4 Å². The topological polar surface area (TPSA) is 44.4 Å². The fraction of sp³-hybridized carbons (Fsp3) is 0.417. The van der Waals surface area contributed by atoms with Crippen molar-refractivity contribution in [2.45, 2.75) is 13.0 Å². The molecule has 0 fully saturated rings. The van der Waals surface area contributed by atoms with Crippen molar-refractivity contribution in [1.29, 1.82) is 0 Å². The molecule has 86 valence electrons. The van der Waals surface area contributed by atoms with Gasteiger partial charge in [-0.15, -0.1) is 0 Å². The normalized spacial score (nSPS) is 20.1. The molecular weight excluding hydrogens is 202 g/mol. The Labute approximate surface area is 95.6 Å². The van der Waals surface area contributed by atoms with Crippen LogP contribution in [0.15, 0.2) is 18.2 Å². The van der Waals surface area contributed by atoms with Crippen LogP contribution in [0.25, 0.3) is 0 Å². The fourth-order valence-electron chi connectivity index (χ4n) is 1.96. The van der Waals surface area contributed by atoms with Gasteiger partial charge < -0.3 is 15.5 Å². The van der Waals surface area contributed by atoms with Gasteiger partial charge in [-0.1, -0.05) is 6.07 Å². The highest BCUT2D eigenvalue weighted by molar-refractivity contribution is 6.01. The van der Waals surface area contributed by atoms with Gasteiger partial charge in [-0.25, -0.2) is 0 Å². The minimum atomic E-state index is -0.169. The zero-order chi connectivity index (χ0) is 11.7. The smallest absolute Gasteiger partial charge is 0.245 e. The van der Waals surface area contributed by atoms with E-state index >= 15 is 0 Å². The van der Waals surface area contributed by atoms with E-state index in [0.717, 1.165) is 11.4 Å². The average Bonchev–Trinajstić information content (AvgIpc) is 2.38. The third-order valence-corrected chi connectivity index (χ3v) is 2.99. The third kappa shape index (κ3) is 1.76. The largest absolute Gasteiger partial charge is 0.381 e. The summed E-state index contributed by atoms with van der Waals surface area (Å²) in [6.45, 7) is 2.67. The van der Waals surface area contributed by atoms with Gasteiger partial charge in [-0.05, 0) is 31.7 Å². The van der Waals surface area contributed by atoms with Crippen molar-refractivity contribution in [2.24, 2.45) is 0 Å². The molecule has 0 radical (unpaired) electrons. The predicted molar refractivity (Wildman–Crippen MR) is 65.9 cm³/mol. The van der Waals surface area contributed by atoms with E-state index in [-0.39, 0.29) is 11.9 Å². The van der Waals surface area contributed by atoms with E-state index in [0.29, 0.717) is 6.54 Å². The van der Waals surface area contributed by atoms with Crippen LogP contribution < -0.4 is 15.5 Å². The SMILES string of the molecule is CNC1CNc2cc(C)ccc2N(C)C1=O. The molecule has 1 amide bonds. The van der Waals surface area contributed by atoms with E-state index in [1.807, 2.05) is 26.1 Å². The number of nitrogens with one attached hydrogen (secondary N) is 2. The first-order valence-electron chi connectivity index (χ1n) is 5.43. The number of nitrogens with zero attached hydrogens (tertiary/aromatic N) is 1. The molecule has 1 atom stereocenters. The van der Waals surface area contributed by atoms with Gasteiger partial charge in [0.2, 0.25) is 5.91 Å². The Morgan fingerprint density at radius 2 is 2.25 bits per heavy atom. The minimum Gasteiger partial charge on any atom is -0.381 e. The van der Waals surface area contributed by atoms with Crippen molar-refractivity contribution in [3.05, 3.63) is 23.8 Å². The molecule has 1 aromatic carbocycles. The zero-order valence-corrected chi connectivity index (χ0v) is 9.87. The van der Waals surface area contributed by atoms with E-state index in [1.54, 1.807) is 11.9 Å². The van der Waals surface area contributed by atoms with Crippen LogP contribution in [0.1, 0.15) is 5.56 Å². The average molecular weight is 219 g/mol. The lowest BCUT2D eigenvalue weighted by Crippen LogP contribution is -2.45. The van der Waals surface area contributed by atoms with Crippen LogP contribution in [0.2, 0.25) is 0 Å². The number of hydrogen-bond acceptors (Lipinski definition) is 3. The molecule has 0 aromatic heterocycles. The molecule has 1 heterocycles. The maximum Gasteiger partial charge on any atom is 0.245 e. The Bertz CT molecular complexity index is 417. The number of anilines is 2. The second-order valence-corrected chi connectivity index (χ2v) is 4.14. The highest BCUT2D eigenvalue weighted by Crippen LogP contribution is 2.28. The van der Waals surface area contributed by atoms with Crippen LogP contribution in [0.4, 0.5) is 11.4 Å². The van der Waals surface area contributed by atoms with Gasteiger partial charge in [0, 0.05) is 13.6 Å². The summed E-state index contributed by atoms with van der Waals surface area (Å²) in [5, 5.41) is 6.32. The van der Waals surface area contributed by atoms with E-state index in [1.165, 1.54) is 5.56 Å². The Kier molecular flexibility index (Phi) is 2.83. The summed E-state index contributed by atoms with van der Waals surface area (Å²) in [4.78, 5) is 13.8. The van der Waals surface area contributed by atoms with Crippen LogP contribution in [-0.2, 0) is 4.79 Å². The monoisotopic (exact) mass is 219 g/mol. The van der Waals surface area contributed by atoms with Crippen molar-refractivity contribution in [3.63, 3.8) is 0 Å². The number of likely N-dealkylation sites (N-methyl/N-ethyl adjacent to an activating group) is 2. The van der Waals surface area contributed by atoms with Crippen molar-refractivity contribution in [2.75, 3.05) is 30.9 Å². The number of aryl methyl sites for hydroxylation is 1. The van der Waals surface area contributed by atoms with Gasteiger partial charge in [-0.3, -0.25) is 4.79 Å². The summed E-state index contributed by atoms with van der Waals surface area (Å²) < 4.78 is 0. The minimum absolute atomic E-state index is 0.0950. The zero-order valence-electron chi connectivity index (χ0n) is 9.87. The molecular formula is C12H17N3O. The summed E-state index contributed by atoms with van der Waals surface area (Å²) in [5.74, 6) is 0.0950. The van der Waals surface area contributed by atoms with E-state index in [4.69, 9.17) is 0 Å². The van der Waals surface area contributed by atoms with Crippen LogP contribution in [0.5, 0.6) is 0 Å². The lowest BCUT2D eigenvalue weighted by atomic mass is 10.2. The quantitative estimate of drug-likeness (QED) is 0.740. The van der Waals surface area contributed by atoms with Gasteiger partial charge in [0.15, 0.2) is 0 Å². The Balaban J connectivity index is 2.41. The molecule has 16 heavy (non-hydrogen) atoms. The molecule has 2 rings (SSSR count). The number of carbonyl (C=O) groups is 1. The van der Waals surface area contributed by atoms with Crippen LogP contribution in [0, 0.1) is 6.92 Å².